The van der Waals surface area contributed by atoms with Crippen LogP contribution in [0, 0.1) is 0 Å². The van der Waals surface area contributed by atoms with E-state index in [2.05, 4.69) is 32.3 Å². The van der Waals surface area contributed by atoms with Crippen molar-refractivity contribution in [3.05, 3.63) is 24.3 Å². The number of methoxy groups -OCH3 is 1. The van der Waals surface area contributed by atoms with Crippen LogP contribution in [0.4, 0.5) is 11.8 Å². The summed E-state index contributed by atoms with van der Waals surface area (Å²) in [6.07, 6.45) is 0.987. The highest BCUT2D eigenvalue weighted by atomic mass is 16.5. The maximum Gasteiger partial charge on any atom is 0.325 e. The summed E-state index contributed by atoms with van der Waals surface area (Å²) < 4.78 is 4.62. The second-order valence-electron chi connectivity index (χ2n) is 4.27. The summed E-state index contributed by atoms with van der Waals surface area (Å²) in [5, 5.41) is 7.01. The molecule has 1 aromatic carbocycles. The molecule has 0 aliphatic carbocycles. The van der Waals surface area contributed by atoms with Gasteiger partial charge in [-0.2, -0.15) is 4.98 Å². The number of carbonyl (C=O) groups is 1. The summed E-state index contributed by atoms with van der Waals surface area (Å²) >= 11 is 0. The van der Waals surface area contributed by atoms with Gasteiger partial charge in [0.05, 0.1) is 12.6 Å². The van der Waals surface area contributed by atoms with Gasteiger partial charge in [-0.3, -0.25) is 4.79 Å². The zero-order valence-electron chi connectivity index (χ0n) is 11.6. The predicted octanol–water partition coefficient (Wildman–Crippen LogP) is 2.04. The summed E-state index contributed by atoms with van der Waals surface area (Å²) in [6, 6.07) is 7.66. The van der Waals surface area contributed by atoms with E-state index in [0.29, 0.717) is 11.8 Å². The van der Waals surface area contributed by atoms with Gasteiger partial charge in [0.1, 0.15) is 12.4 Å². The lowest BCUT2D eigenvalue weighted by Crippen LogP contribution is -2.16. The number of nitrogens with zero attached hydrogens (tertiary/aromatic N) is 2. The number of benzene rings is 1. The third-order valence-corrected chi connectivity index (χ3v) is 2.76. The lowest BCUT2D eigenvalue weighted by molar-refractivity contribution is -0.138. The van der Waals surface area contributed by atoms with Crippen LogP contribution in [0.3, 0.4) is 0 Å². The highest BCUT2D eigenvalue weighted by Gasteiger charge is 2.08. The number of esters is 1. The molecule has 0 bridgehead atoms. The van der Waals surface area contributed by atoms with Crippen molar-refractivity contribution in [1.82, 2.24) is 9.97 Å². The third kappa shape index (κ3) is 3.34. The molecule has 2 N–H and O–H groups in total. The molecule has 1 heterocycles. The van der Waals surface area contributed by atoms with E-state index in [4.69, 9.17) is 0 Å². The molecule has 0 fully saturated rings. The van der Waals surface area contributed by atoms with Crippen LogP contribution in [0.1, 0.15) is 13.3 Å². The molecule has 2 aromatic rings. The van der Waals surface area contributed by atoms with Crippen molar-refractivity contribution >= 4 is 28.6 Å². The Morgan fingerprint density at radius 2 is 2.05 bits per heavy atom. The van der Waals surface area contributed by atoms with Crippen molar-refractivity contribution in [1.29, 1.82) is 0 Å². The second kappa shape index (κ2) is 6.70. The van der Waals surface area contributed by atoms with Crippen LogP contribution in [-0.2, 0) is 9.53 Å². The number of hydrogen-bond donors (Lipinski definition) is 2. The number of rotatable bonds is 6. The fraction of sp³-hybridized carbons (Fsp3) is 0.357. The zero-order valence-corrected chi connectivity index (χ0v) is 11.6. The Balaban J connectivity index is 2.31. The van der Waals surface area contributed by atoms with Crippen LogP contribution in [-0.4, -0.2) is 36.1 Å². The predicted molar refractivity (Wildman–Crippen MR) is 78.8 cm³/mol. The normalized spacial score (nSPS) is 10.3. The molecule has 0 saturated heterocycles. The molecule has 0 aliphatic rings. The van der Waals surface area contributed by atoms with Crippen molar-refractivity contribution in [2.24, 2.45) is 0 Å². The lowest BCUT2D eigenvalue weighted by Gasteiger charge is -2.10. The van der Waals surface area contributed by atoms with E-state index in [1.54, 1.807) is 0 Å². The van der Waals surface area contributed by atoms with Crippen molar-refractivity contribution in [2.45, 2.75) is 13.3 Å². The number of aromatic nitrogens is 2. The summed E-state index contributed by atoms with van der Waals surface area (Å²) in [5.74, 6) is 0.841. The zero-order chi connectivity index (χ0) is 14.4. The number of carbonyl (C=O) groups excluding carboxylic acids is 1. The molecule has 6 heteroatoms. The molecule has 0 saturated carbocycles. The van der Waals surface area contributed by atoms with Gasteiger partial charge in [0.2, 0.25) is 5.95 Å². The molecule has 0 spiro atoms. The minimum Gasteiger partial charge on any atom is -0.468 e. The molecule has 2 rings (SSSR count). The third-order valence-electron chi connectivity index (χ3n) is 2.76. The van der Waals surface area contributed by atoms with Crippen LogP contribution in [0.15, 0.2) is 24.3 Å². The van der Waals surface area contributed by atoms with E-state index in [9.17, 15) is 4.79 Å². The van der Waals surface area contributed by atoms with Gasteiger partial charge >= 0.3 is 5.97 Å². The van der Waals surface area contributed by atoms with E-state index in [1.807, 2.05) is 24.3 Å². The van der Waals surface area contributed by atoms with E-state index < -0.39 is 0 Å². The topological polar surface area (TPSA) is 76.1 Å². The summed E-state index contributed by atoms with van der Waals surface area (Å²) in [7, 11) is 1.36. The Bertz CT molecular complexity index is 601. The maximum absolute atomic E-state index is 11.2. The minimum absolute atomic E-state index is 0.0741. The van der Waals surface area contributed by atoms with Crippen molar-refractivity contribution < 1.29 is 9.53 Å². The van der Waals surface area contributed by atoms with Gasteiger partial charge in [0.25, 0.3) is 0 Å². The largest absolute Gasteiger partial charge is 0.468 e. The summed E-state index contributed by atoms with van der Waals surface area (Å²) in [6.45, 7) is 2.95. The number of ether oxygens (including phenoxy) is 1. The molecule has 0 atom stereocenters. The van der Waals surface area contributed by atoms with Crippen molar-refractivity contribution in [2.75, 3.05) is 30.8 Å². The summed E-state index contributed by atoms with van der Waals surface area (Å²) in [5.41, 5.74) is 0.827. The van der Waals surface area contributed by atoms with E-state index >= 15 is 0 Å². The first-order valence-corrected chi connectivity index (χ1v) is 6.56. The van der Waals surface area contributed by atoms with E-state index in [-0.39, 0.29) is 12.5 Å². The highest BCUT2D eigenvalue weighted by Crippen LogP contribution is 2.21. The van der Waals surface area contributed by atoms with Gasteiger partial charge in [-0.05, 0) is 18.6 Å². The van der Waals surface area contributed by atoms with Crippen LogP contribution >= 0.6 is 0 Å². The van der Waals surface area contributed by atoms with Gasteiger partial charge in [-0.1, -0.05) is 19.1 Å². The molecule has 0 unspecified atom stereocenters. The molecule has 6 nitrogen and oxygen atoms in total. The first-order valence-electron chi connectivity index (χ1n) is 6.56. The summed E-state index contributed by atoms with van der Waals surface area (Å²) in [4.78, 5) is 20.1. The highest BCUT2D eigenvalue weighted by molar-refractivity contribution is 5.91. The van der Waals surface area contributed by atoms with Crippen LogP contribution in [0.5, 0.6) is 0 Å². The van der Waals surface area contributed by atoms with Crippen LogP contribution < -0.4 is 10.6 Å². The van der Waals surface area contributed by atoms with Gasteiger partial charge in [-0.15, -0.1) is 0 Å². The SMILES string of the molecule is CCCNc1nc(NCC(=O)OC)c2ccccc2n1. The Morgan fingerprint density at radius 1 is 1.25 bits per heavy atom. The molecule has 0 radical (unpaired) electrons. The fourth-order valence-electron chi connectivity index (χ4n) is 1.76. The average Bonchev–Trinajstić information content (AvgIpc) is 2.50. The monoisotopic (exact) mass is 274 g/mol. The van der Waals surface area contributed by atoms with Gasteiger partial charge in [-0.25, -0.2) is 4.98 Å². The van der Waals surface area contributed by atoms with E-state index in [1.165, 1.54) is 7.11 Å². The molecular formula is C14H18N4O2. The number of nitrogens with one attached hydrogen (secondary N) is 2. The first-order chi connectivity index (χ1) is 9.74. The molecule has 20 heavy (non-hydrogen) atoms. The van der Waals surface area contributed by atoms with Crippen LogP contribution in [0.2, 0.25) is 0 Å². The number of hydrogen-bond acceptors (Lipinski definition) is 6. The van der Waals surface area contributed by atoms with Gasteiger partial charge in [0, 0.05) is 11.9 Å². The van der Waals surface area contributed by atoms with Gasteiger partial charge < -0.3 is 15.4 Å². The Hall–Kier alpha value is -2.37. The standard InChI is InChI=1S/C14H18N4O2/c1-3-8-15-14-17-11-7-5-4-6-10(11)13(18-14)16-9-12(19)20-2/h4-7H,3,8-9H2,1-2H3,(H2,15,16,17,18). The number of anilines is 2. The Labute approximate surface area is 117 Å². The maximum atomic E-state index is 11.2. The minimum atomic E-state index is -0.337. The van der Waals surface area contributed by atoms with Crippen LogP contribution in [0.25, 0.3) is 10.9 Å². The number of fused-ring (bicyclic) bond motifs is 1. The first kappa shape index (κ1) is 14.0. The molecule has 1 aromatic heterocycles. The molecular weight excluding hydrogens is 256 g/mol. The lowest BCUT2D eigenvalue weighted by atomic mass is 10.2. The van der Waals surface area contributed by atoms with Gasteiger partial charge in [0.15, 0.2) is 0 Å². The quantitative estimate of drug-likeness (QED) is 0.785. The second-order valence-corrected chi connectivity index (χ2v) is 4.27. The average molecular weight is 274 g/mol. The number of para-hydroxylation sites is 1. The Morgan fingerprint density at radius 3 is 2.80 bits per heavy atom. The molecule has 0 amide bonds. The molecule has 0 aliphatic heterocycles. The molecule has 106 valence electrons. The van der Waals surface area contributed by atoms with Crippen molar-refractivity contribution in [3.63, 3.8) is 0 Å². The van der Waals surface area contributed by atoms with Crippen molar-refractivity contribution in [3.8, 4) is 0 Å². The Kier molecular flexibility index (Phi) is 4.70. The van der Waals surface area contributed by atoms with E-state index in [0.717, 1.165) is 23.9 Å². The fourth-order valence-corrected chi connectivity index (χ4v) is 1.76. The smallest absolute Gasteiger partial charge is 0.325 e.